The van der Waals surface area contributed by atoms with Crippen LogP contribution in [0.25, 0.3) is 17.2 Å². The zero-order valence-corrected chi connectivity index (χ0v) is 11.9. The number of rotatable bonds is 2. The Labute approximate surface area is 115 Å². The zero-order chi connectivity index (χ0) is 13.9. The van der Waals surface area contributed by atoms with E-state index in [9.17, 15) is 0 Å². The van der Waals surface area contributed by atoms with Crippen molar-refractivity contribution in [2.24, 2.45) is 5.41 Å². The first-order chi connectivity index (χ1) is 8.97. The lowest BCUT2D eigenvalue weighted by Gasteiger charge is -2.13. The molecule has 0 amide bonds. The van der Waals surface area contributed by atoms with E-state index in [1.807, 2.05) is 18.2 Å². The van der Waals surface area contributed by atoms with E-state index < -0.39 is 0 Å². The van der Waals surface area contributed by atoms with Crippen molar-refractivity contribution in [1.29, 1.82) is 0 Å². The second-order valence-electron chi connectivity index (χ2n) is 5.87. The molecule has 0 spiro atoms. The van der Waals surface area contributed by atoms with Crippen molar-refractivity contribution in [3.63, 3.8) is 0 Å². The Bertz CT molecular complexity index is 589. The van der Waals surface area contributed by atoms with Crippen LogP contribution in [0.2, 0.25) is 0 Å². The minimum absolute atomic E-state index is 0.176. The van der Waals surface area contributed by atoms with Gasteiger partial charge in [-0.15, -0.1) is 0 Å². The fraction of sp³-hybridized carbons (Fsp3) is 0.222. The van der Waals surface area contributed by atoms with Gasteiger partial charge in [-0.3, -0.25) is 0 Å². The van der Waals surface area contributed by atoms with Gasteiger partial charge in [0.15, 0.2) is 0 Å². The van der Waals surface area contributed by atoms with E-state index in [0.717, 1.165) is 11.3 Å². The highest BCUT2D eigenvalue weighted by atomic mass is 14.6. The summed E-state index contributed by atoms with van der Waals surface area (Å²) >= 11 is 0. The van der Waals surface area contributed by atoms with E-state index in [1.54, 1.807) is 0 Å². The molecule has 2 N–H and O–H groups in total. The van der Waals surface area contributed by atoms with Gasteiger partial charge < -0.3 is 5.73 Å². The summed E-state index contributed by atoms with van der Waals surface area (Å²) in [6.07, 6.45) is 4.41. The summed E-state index contributed by atoms with van der Waals surface area (Å²) in [6.45, 7) is 6.59. The topological polar surface area (TPSA) is 26.0 Å². The van der Waals surface area contributed by atoms with Crippen molar-refractivity contribution in [3.05, 3.63) is 60.2 Å². The predicted octanol–water partition coefficient (Wildman–Crippen LogP) is 5.00. The molecule has 0 atom stereocenters. The van der Waals surface area contributed by atoms with Crippen LogP contribution in [0, 0.1) is 5.41 Å². The van der Waals surface area contributed by atoms with Crippen molar-refractivity contribution in [2.45, 2.75) is 20.8 Å². The Morgan fingerprint density at radius 1 is 0.842 bits per heavy atom. The molecule has 98 valence electrons. The van der Waals surface area contributed by atoms with Gasteiger partial charge in [0.1, 0.15) is 0 Å². The Kier molecular flexibility index (Phi) is 3.75. The zero-order valence-electron chi connectivity index (χ0n) is 11.9. The second kappa shape index (κ2) is 5.31. The van der Waals surface area contributed by atoms with Gasteiger partial charge in [-0.1, -0.05) is 75.4 Å². The quantitative estimate of drug-likeness (QED) is 0.747. The summed E-state index contributed by atoms with van der Waals surface area (Å²) in [4.78, 5) is 0. The largest absolute Gasteiger partial charge is 0.398 e. The highest BCUT2D eigenvalue weighted by molar-refractivity contribution is 5.82. The molecule has 2 rings (SSSR count). The minimum Gasteiger partial charge on any atom is -0.398 e. The normalized spacial score (nSPS) is 11.9. The van der Waals surface area contributed by atoms with E-state index in [4.69, 9.17) is 5.73 Å². The van der Waals surface area contributed by atoms with Gasteiger partial charge in [0.2, 0.25) is 0 Å². The molecule has 19 heavy (non-hydrogen) atoms. The Morgan fingerprint density at radius 3 is 2.05 bits per heavy atom. The van der Waals surface area contributed by atoms with Crippen LogP contribution in [0.4, 0.5) is 5.69 Å². The molecule has 0 radical (unpaired) electrons. The number of allylic oxidation sites excluding steroid dienone is 1. The average molecular weight is 251 g/mol. The van der Waals surface area contributed by atoms with Crippen molar-refractivity contribution < 1.29 is 0 Å². The lowest BCUT2D eigenvalue weighted by Crippen LogP contribution is -1.98. The van der Waals surface area contributed by atoms with Gasteiger partial charge in [0, 0.05) is 11.3 Å². The van der Waals surface area contributed by atoms with Crippen LogP contribution in [0.3, 0.4) is 0 Å². The van der Waals surface area contributed by atoms with E-state index in [-0.39, 0.29) is 5.41 Å². The molecule has 1 nitrogen and oxygen atoms in total. The number of hydrogen-bond donors (Lipinski definition) is 1. The summed E-state index contributed by atoms with van der Waals surface area (Å²) in [6, 6.07) is 16.4. The van der Waals surface area contributed by atoms with Crippen molar-refractivity contribution in [2.75, 3.05) is 5.73 Å². The van der Waals surface area contributed by atoms with E-state index in [1.165, 1.54) is 11.1 Å². The first kappa shape index (κ1) is 13.4. The smallest absolute Gasteiger partial charge is 0.0393 e. The molecule has 0 aliphatic carbocycles. The van der Waals surface area contributed by atoms with Crippen LogP contribution in [0.5, 0.6) is 0 Å². The van der Waals surface area contributed by atoms with Crippen LogP contribution in [-0.2, 0) is 0 Å². The molecule has 0 fully saturated rings. The molecule has 2 aromatic carbocycles. The third-order valence-electron chi connectivity index (χ3n) is 2.97. The molecular formula is C18H21N. The molecule has 2 aromatic rings. The Hall–Kier alpha value is -2.02. The minimum atomic E-state index is 0.176. The summed E-state index contributed by atoms with van der Waals surface area (Å²) in [5.41, 5.74) is 10.6. The summed E-state index contributed by atoms with van der Waals surface area (Å²) in [5, 5.41) is 0. The number of nitrogen functional groups attached to an aromatic ring is 1. The highest BCUT2D eigenvalue weighted by Gasteiger charge is 2.07. The molecule has 0 heterocycles. The maximum absolute atomic E-state index is 6.08. The first-order valence-electron chi connectivity index (χ1n) is 6.60. The van der Waals surface area contributed by atoms with Gasteiger partial charge in [-0.2, -0.15) is 0 Å². The SMILES string of the molecule is CC(C)(C)/C=C/c1ccccc1-c1ccccc1N. The highest BCUT2D eigenvalue weighted by Crippen LogP contribution is 2.30. The van der Waals surface area contributed by atoms with E-state index in [2.05, 4.69) is 63.3 Å². The lowest BCUT2D eigenvalue weighted by molar-refractivity contribution is 0.547. The second-order valence-corrected chi connectivity index (χ2v) is 5.87. The number of para-hydroxylation sites is 1. The maximum Gasteiger partial charge on any atom is 0.0393 e. The summed E-state index contributed by atoms with van der Waals surface area (Å²) < 4.78 is 0. The molecule has 0 bridgehead atoms. The maximum atomic E-state index is 6.08. The monoisotopic (exact) mass is 251 g/mol. The molecule has 0 saturated carbocycles. The fourth-order valence-electron chi connectivity index (χ4n) is 1.97. The summed E-state index contributed by atoms with van der Waals surface area (Å²) in [7, 11) is 0. The van der Waals surface area contributed by atoms with Crippen molar-refractivity contribution >= 4 is 11.8 Å². The van der Waals surface area contributed by atoms with E-state index in [0.29, 0.717) is 0 Å². The standard InChI is InChI=1S/C18H21N/c1-18(2,3)13-12-14-8-4-5-9-15(14)16-10-6-7-11-17(16)19/h4-13H,19H2,1-3H3/b13-12+. The van der Waals surface area contributed by atoms with Gasteiger partial charge >= 0.3 is 0 Å². The number of hydrogen-bond acceptors (Lipinski definition) is 1. The predicted molar refractivity (Wildman–Crippen MR) is 84.8 cm³/mol. The number of nitrogens with two attached hydrogens (primary N) is 1. The molecule has 1 heteroatoms. The molecule has 0 aliphatic rings. The van der Waals surface area contributed by atoms with E-state index >= 15 is 0 Å². The number of anilines is 1. The third-order valence-corrected chi connectivity index (χ3v) is 2.97. The Balaban J connectivity index is 2.48. The average Bonchev–Trinajstić information content (AvgIpc) is 2.37. The lowest BCUT2D eigenvalue weighted by atomic mass is 9.93. The van der Waals surface area contributed by atoms with Gasteiger partial charge in [0.25, 0.3) is 0 Å². The van der Waals surface area contributed by atoms with Crippen LogP contribution < -0.4 is 5.73 Å². The van der Waals surface area contributed by atoms with Crippen LogP contribution in [0.15, 0.2) is 54.6 Å². The molecular weight excluding hydrogens is 230 g/mol. The fourth-order valence-corrected chi connectivity index (χ4v) is 1.97. The molecule has 0 aliphatic heterocycles. The van der Waals surface area contributed by atoms with Crippen molar-refractivity contribution in [1.82, 2.24) is 0 Å². The first-order valence-corrected chi connectivity index (χ1v) is 6.60. The van der Waals surface area contributed by atoms with Crippen LogP contribution in [-0.4, -0.2) is 0 Å². The van der Waals surface area contributed by atoms with Crippen LogP contribution >= 0.6 is 0 Å². The van der Waals surface area contributed by atoms with Crippen LogP contribution in [0.1, 0.15) is 26.3 Å². The molecule has 0 unspecified atom stereocenters. The molecule has 0 aromatic heterocycles. The number of benzene rings is 2. The Morgan fingerprint density at radius 2 is 1.42 bits per heavy atom. The van der Waals surface area contributed by atoms with Crippen molar-refractivity contribution in [3.8, 4) is 11.1 Å². The van der Waals surface area contributed by atoms with Gasteiger partial charge in [-0.05, 0) is 22.6 Å². The molecule has 0 saturated heterocycles. The summed E-state index contributed by atoms with van der Waals surface area (Å²) in [5.74, 6) is 0. The third kappa shape index (κ3) is 3.47. The van der Waals surface area contributed by atoms with Gasteiger partial charge in [-0.25, -0.2) is 0 Å². The van der Waals surface area contributed by atoms with Gasteiger partial charge in [0.05, 0.1) is 0 Å².